The number of aromatic nitrogens is 1. The van der Waals surface area contributed by atoms with Gasteiger partial charge in [-0.3, -0.25) is 4.79 Å². The molecule has 2 atom stereocenters. The lowest BCUT2D eigenvalue weighted by atomic mass is 9.90. The Morgan fingerprint density at radius 2 is 2.00 bits per heavy atom. The Kier molecular flexibility index (Phi) is 5.53. The first-order valence-electron chi connectivity index (χ1n) is 9.06. The third-order valence-electron chi connectivity index (χ3n) is 4.87. The molecule has 1 amide bonds. The molecule has 1 fully saturated rings. The summed E-state index contributed by atoms with van der Waals surface area (Å²) in [4.78, 5) is 14.9. The molecule has 0 spiro atoms. The van der Waals surface area contributed by atoms with Crippen molar-refractivity contribution >= 4 is 5.91 Å². The fourth-order valence-electron chi connectivity index (χ4n) is 3.38. The van der Waals surface area contributed by atoms with E-state index in [4.69, 9.17) is 4.52 Å². The van der Waals surface area contributed by atoms with E-state index in [1.54, 1.807) is 11.0 Å². The molecule has 1 aromatic carbocycles. The van der Waals surface area contributed by atoms with Gasteiger partial charge in [0, 0.05) is 18.5 Å². The van der Waals surface area contributed by atoms with Crippen molar-refractivity contribution in [2.45, 2.75) is 64.1 Å². The summed E-state index contributed by atoms with van der Waals surface area (Å²) >= 11 is 0. The summed E-state index contributed by atoms with van der Waals surface area (Å²) in [6, 6.07) is 11.4. The molecule has 25 heavy (non-hydrogen) atoms. The predicted molar refractivity (Wildman–Crippen MR) is 95.2 cm³/mol. The zero-order valence-corrected chi connectivity index (χ0v) is 14.9. The van der Waals surface area contributed by atoms with E-state index in [2.05, 4.69) is 5.16 Å². The van der Waals surface area contributed by atoms with Gasteiger partial charge in [0.05, 0.1) is 12.1 Å². The van der Waals surface area contributed by atoms with E-state index in [-0.39, 0.29) is 17.9 Å². The molecular formula is C20H26N2O3. The van der Waals surface area contributed by atoms with Crippen molar-refractivity contribution in [2.24, 2.45) is 0 Å². The van der Waals surface area contributed by atoms with Crippen LogP contribution in [-0.2, 0) is 6.54 Å². The number of benzene rings is 1. The first-order valence-corrected chi connectivity index (χ1v) is 9.06. The molecule has 0 radical (unpaired) electrons. The van der Waals surface area contributed by atoms with Gasteiger partial charge in [0.2, 0.25) is 0 Å². The Morgan fingerprint density at radius 3 is 2.64 bits per heavy atom. The highest BCUT2D eigenvalue weighted by atomic mass is 16.5. The molecule has 1 N–H and O–H groups in total. The number of hydrogen-bond acceptors (Lipinski definition) is 4. The quantitative estimate of drug-likeness (QED) is 0.899. The van der Waals surface area contributed by atoms with Gasteiger partial charge in [-0.1, -0.05) is 62.2 Å². The molecule has 0 saturated heterocycles. The van der Waals surface area contributed by atoms with Crippen LogP contribution in [0.25, 0.3) is 0 Å². The van der Waals surface area contributed by atoms with Gasteiger partial charge in [0.25, 0.3) is 5.91 Å². The number of amides is 1. The van der Waals surface area contributed by atoms with E-state index in [9.17, 15) is 9.90 Å². The Bertz CT molecular complexity index is 696. The van der Waals surface area contributed by atoms with E-state index in [1.165, 1.54) is 0 Å². The van der Waals surface area contributed by atoms with Gasteiger partial charge in [-0.15, -0.1) is 0 Å². The maximum atomic E-state index is 13.1. The van der Waals surface area contributed by atoms with Crippen molar-refractivity contribution in [1.29, 1.82) is 0 Å². The Labute approximate surface area is 148 Å². The fraction of sp³-hybridized carbons (Fsp3) is 0.500. The SMILES string of the molecule is CC(C)c1cc(C(=O)N(Cc2ccccc2)[C@@H]2CCCC[C@H]2O)no1. The zero-order chi connectivity index (χ0) is 17.8. The molecule has 1 aliphatic carbocycles. The molecule has 3 rings (SSSR count). The van der Waals surface area contributed by atoms with E-state index in [0.717, 1.165) is 31.2 Å². The van der Waals surface area contributed by atoms with Crippen LogP contribution in [0.4, 0.5) is 0 Å². The molecule has 0 unspecified atom stereocenters. The second-order valence-electron chi connectivity index (χ2n) is 7.11. The summed E-state index contributed by atoms with van der Waals surface area (Å²) < 4.78 is 5.30. The minimum atomic E-state index is -0.488. The van der Waals surface area contributed by atoms with Crippen molar-refractivity contribution < 1.29 is 14.4 Å². The largest absolute Gasteiger partial charge is 0.391 e. The van der Waals surface area contributed by atoms with Crippen molar-refractivity contribution in [3.63, 3.8) is 0 Å². The van der Waals surface area contributed by atoms with E-state index < -0.39 is 6.10 Å². The second-order valence-corrected chi connectivity index (χ2v) is 7.11. The number of carbonyl (C=O) groups is 1. The normalized spacial score (nSPS) is 20.6. The lowest BCUT2D eigenvalue weighted by Crippen LogP contribution is -2.48. The molecule has 5 nitrogen and oxygen atoms in total. The molecule has 134 valence electrons. The number of carbonyl (C=O) groups excluding carboxylic acids is 1. The van der Waals surface area contributed by atoms with Crippen LogP contribution in [0.3, 0.4) is 0 Å². The molecular weight excluding hydrogens is 316 g/mol. The van der Waals surface area contributed by atoms with Gasteiger partial charge < -0.3 is 14.5 Å². The molecule has 1 aromatic heterocycles. The minimum Gasteiger partial charge on any atom is -0.391 e. The van der Waals surface area contributed by atoms with Crippen LogP contribution < -0.4 is 0 Å². The van der Waals surface area contributed by atoms with Crippen LogP contribution in [-0.4, -0.2) is 33.2 Å². The van der Waals surface area contributed by atoms with Gasteiger partial charge in [-0.25, -0.2) is 0 Å². The second kappa shape index (κ2) is 7.83. The summed E-state index contributed by atoms with van der Waals surface area (Å²) in [6.45, 7) is 4.47. The molecule has 1 aliphatic rings. The maximum Gasteiger partial charge on any atom is 0.276 e. The zero-order valence-electron chi connectivity index (χ0n) is 14.9. The number of aliphatic hydroxyl groups excluding tert-OH is 1. The Hall–Kier alpha value is -2.14. The molecule has 5 heteroatoms. The number of hydrogen-bond donors (Lipinski definition) is 1. The summed E-state index contributed by atoms with van der Waals surface area (Å²) in [5.74, 6) is 0.703. The summed E-state index contributed by atoms with van der Waals surface area (Å²) in [7, 11) is 0. The van der Waals surface area contributed by atoms with Crippen LogP contribution in [0, 0.1) is 0 Å². The van der Waals surface area contributed by atoms with Gasteiger partial charge in [-0.05, 0) is 18.4 Å². The fourth-order valence-corrected chi connectivity index (χ4v) is 3.38. The van der Waals surface area contributed by atoms with Crippen molar-refractivity contribution in [1.82, 2.24) is 10.1 Å². The number of aliphatic hydroxyl groups is 1. The van der Waals surface area contributed by atoms with E-state index in [0.29, 0.717) is 18.0 Å². The lowest BCUT2D eigenvalue weighted by Gasteiger charge is -2.37. The third-order valence-corrected chi connectivity index (χ3v) is 4.87. The van der Waals surface area contributed by atoms with Crippen LogP contribution in [0.15, 0.2) is 40.9 Å². The van der Waals surface area contributed by atoms with E-state index >= 15 is 0 Å². The standard InChI is InChI=1S/C20H26N2O3/c1-14(2)19-12-16(21-25-19)20(24)22(13-15-8-4-3-5-9-15)17-10-6-7-11-18(17)23/h3-5,8-9,12,14,17-18,23H,6-7,10-11,13H2,1-2H3/t17-,18-/m1/s1. The van der Waals surface area contributed by atoms with Crippen LogP contribution >= 0.6 is 0 Å². The average Bonchev–Trinajstić information content (AvgIpc) is 3.11. The molecule has 1 saturated carbocycles. The highest BCUT2D eigenvalue weighted by Crippen LogP contribution is 2.27. The summed E-state index contributed by atoms with van der Waals surface area (Å²) in [6.07, 6.45) is 3.09. The molecule has 0 aliphatic heterocycles. The van der Waals surface area contributed by atoms with Gasteiger partial charge in [0.1, 0.15) is 5.76 Å². The summed E-state index contributed by atoms with van der Waals surface area (Å²) in [5.41, 5.74) is 1.36. The molecule has 0 bridgehead atoms. The topological polar surface area (TPSA) is 66.6 Å². The Balaban J connectivity index is 1.87. The Morgan fingerprint density at radius 1 is 1.28 bits per heavy atom. The summed E-state index contributed by atoms with van der Waals surface area (Å²) in [5, 5.41) is 14.4. The first-order chi connectivity index (χ1) is 12.1. The lowest BCUT2D eigenvalue weighted by molar-refractivity contribution is 0.0143. The predicted octanol–water partition coefficient (Wildman–Crippen LogP) is 3.74. The van der Waals surface area contributed by atoms with Crippen LogP contribution in [0.1, 0.15) is 67.3 Å². The average molecular weight is 342 g/mol. The van der Waals surface area contributed by atoms with Crippen molar-refractivity contribution in [3.8, 4) is 0 Å². The third kappa shape index (κ3) is 4.10. The monoisotopic (exact) mass is 342 g/mol. The van der Waals surface area contributed by atoms with Crippen molar-refractivity contribution in [2.75, 3.05) is 0 Å². The molecule has 1 heterocycles. The highest BCUT2D eigenvalue weighted by Gasteiger charge is 2.33. The maximum absolute atomic E-state index is 13.1. The number of nitrogens with zero attached hydrogens (tertiary/aromatic N) is 2. The van der Waals surface area contributed by atoms with Gasteiger partial charge >= 0.3 is 0 Å². The van der Waals surface area contributed by atoms with E-state index in [1.807, 2.05) is 44.2 Å². The minimum absolute atomic E-state index is 0.176. The van der Waals surface area contributed by atoms with Crippen LogP contribution in [0.5, 0.6) is 0 Å². The van der Waals surface area contributed by atoms with Crippen molar-refractivity contribution in [3.05, 3.63) is 53.4 Å². The van der Waals surface area contributed by atoms with Crippen LogP contribution in [0.2, 0.25) is 0 Å². The van der Waals surface area contributed by atoms with Gasteiger partial charge in [-0.2, -0.15) is 0 Å². The highest BCUT2D eigenvalue weighted by molar-refractivity contribution is 5.92. The number of rotatable bonds is 5. The smallest absolute Gasteiger partial charge is 0.276 e. The van der Waals surface area contributed by atoms with Gasteiger partial charge in [0.15, 0.2) is 5.69 Å². The molecule has 2 aromatic rings. The first kappa shape index (κ1) is 17.7.